The van der Waals surface area contributed by atoms with Crippen molar-refractivity contribution in [3.8, 4) is 0 Å². The zero-order chi connectivity index (χ0) is 12.4. The Morgan fingerprint density at radius 2 is 1.88 bits per heavy atom. The highest BCUT2D eigenvalue weighted by Gasteiger charge is 2.25. The molecule has 1 aromatic rings. The smallest absolute Gasteiger partial charge is 0.165 e. The molecule has 0 aliphatic heterocycles. The van der Waals surface area contributed by atoms with Gasteiger partial charge in [-0.1, -0.05) is 41.8 Å². The van der Waals surface area contributed by atoms with E-state index >= 15 is 0 Å². The quantitative estimate of drug-likeness (QED) is 0.718. The molecule has 0 bridgehead atoms. The molecule has 0 aromatic heterocycles. The van der Waals surface area contributed by atoms with Gasteiger partial charge >= 0.3 is 0 Å². The fourth-order valence-electron chi connectivity index (χ4n) is 2.56. The maximum Gasteiger partial charge on any atom is 0.165 e. The van der Waals surface area contributed by atoms with Crippen LogP contribution in [0.5, 0.6) is 0 Å². The predicted molar refractivity (Wildman–Crippen MR) is 74.3 cm³/mol. The first-order valence-electron chi connectivity index (χ1n) is 6.38. The molecule has 2 rings (SSSR count). The molecule has 1 fully saturated rings. The second-order valence-corrected chi connectivity index (χ2v) is 6.14. The van der Waals surface area contributed by atoms with E-state index < -0.39 is 0 Å². The van der Waals surface area contributed by atoms with E-state index in [4.69, 9.17) is 0 Å². The molecule has 17 heavy (non-hydrogen) atoms. The van der Waals surface area contributed by atoms with Crippen LogP contribution in [0.15, 0.2) is 22.7 Å². The van der Waals surface area contributed by atoms with Crippen molar-refractivity contribution in [2.24, 2.45) is 11.8 Å². The van der Waals surface area contributed by atoms with Gasteiger partial charge in [-0.15, -0.1) is 0 Å². The Morgan fingerprint density at radius 3 is 2.47 bits per heavy atom. The number of ketones is 1. The van der Waals surface area contributed by atoms with Crippen molar-refractivity contribution < 1.29 is 4.79 Å². The maximum absolute atomic E-state index is 12.4. The summed E-state index contributed by atoms with van der Waals surface area (Å²) in [4.78, 5) is 12.4. The number of benzene rings is 1. The van der Waals surface area contributed by atoms with Gasteiger partial charge in [0.05, 0.1) is 0 Å². The molecule has 0 heterocycles. The number of Topliss-reactive ketones (excluding diaryl/α,β-unsaturated/α-hetero) is 1. The van der Waals surface area contributed by atoms with Gasteiger partial charge in [0.15, 0.2) is 5.78 Å². The normalized spacial score (nSPS) is 24.6. The molecule has 0 spiro atoms. The van der Waals surface area contributed by atoms with Crippen LogP contribution in [-0.2, 0) is 0 Å². The lowest BCUT2D eigenvalue weighted by molar-refractivity contribution is 0.0875. The lowest BCUT2D eigenvalue weighted by Gasteiger charge is -2.25. The monoisotopic (exact) mass is 294 g/mol. The zero-order valence-electron chi connectivity index (χ0n) is 10.5. The van der Waals surface area contributed by atoms with Gasteiger partial charge in [-0.3, -0.25) is 4.79 Å². The molecule has 92 valence electrons. The van der Waals surface area contributed by atoms with Crippen molar-refractivity contribution in [2.75, 3.05) is 0 Å². The molecule has 1 nitrogen and oxygen atoms in total. The topological polar surface area (TPSA) is 17.1 Å². The Morgan fingerprint density at radius 1 is 1.24 bits per heavy atom. The summed E-state index contributed by atoms with van der Waals surface area (Å²) in [5, 5.41) is 0. The number of carbonyl (C=O) groups excluding carboxylic acids is 1. The van der Waals surface area contributed by atoms with Crippen molar-refractivity contribution in [3.05, 3.63) is 33.8 Å². The molecule has 0 amide bonds. The molecule has 0 saturated heterocycles. The lowest BCUT2D eigenvalue weighted by Crippen LogP contribution is -2.21. The average Bonchev–Trinajstić information content (AvgIpc) is 2.33. The number of aryl methyl sites for hydroxylation is 1. The second kappa shape index (κ2) is 5.34. The van der Waals surface area contributed by atoms with Gasteiger partial charge in [0.25, 0.3) is 0 Å². The molecule has 0 unspecified atom stereocenters. The van der Waals surface area contributed by atoms with Crippen LogP contribution in [0.25, 0.3) is 0 Å². The van der Waals surface area contributed by atoms with Crippen LogP contribution in [-0.4, -0.2) is 5.78 Å². The summed E-state index contributed by atoms with van der Waals surface area (Å²) in [6.45, 7) is 4.31. The van der Waals surface area contributed by atoms with Crippen LogP contribution in [0.3, 0.4) is 0 Å². The predicted octanol–water partition coefficient (Wildman–Crippen LogP) is 4.77. The lowest BCUT2D eigenvalue weighted by atomic mass is 9.79. The standard InChI is InChI=1S/C15H19BrO/c1-10-3-5-12(6-4-10)15(17)13-7-8-14(16)11(2)9-13/h7-10,12H,3-6H2,1-2H3. The first kappa shape index (κ1) is 12.8. The fraction of sp³-hybridized carbons (Fsp3) is 0.533. The zero-order valence-corrected chi connectivity index (χ0v) is 12.1. The van der Waals surface area contributed by atoms with Crippen LogP contribution < -0.4 is 0 Å². The summed E-state index contributed by atoms with van der Waals surface area (Å²) in [5.41, 5.74) is 2.02. The summed E-state index contributed by atoms with van der Waals surface area (Å²) in [6.07, 6.45) is 4.53. The number of rotatable bonds is 2. The highest BCUT2D eigenvalue weighted by atomic mass is 79.9. The molecule has 1 aliphatic carbocycles. The highest BCUT2D eigenvalue weighted by molar-refractivity contribution is 9.10. The minimum absolute atomic E-state index is 0.256. The van der Waals surface area contributed by atoms with Gasteiger partial charge < -0.3 is 0 Å². The largest absolute Gasteiger partial charge is 0.294 e. The van der Waals surface area contributed by atoms with Crippen molar-refractivity contribution in [2.45, 2.75) is 39.5 Å². The van der Waals surface area contributed by atoms with Crippen LogP contribution >= 0.6 is 15.9 Å². The summed E-state index contributed by atoms with van der Waals surface area (Å²) >= 11 is 3.47. The molecule has 2 heteroatoms. The third kappa shape index (κ3) is 2.98. The number of hydrogen-bond donors (Lipinski definition) is 0. The molecular weight excluding hydrogens is 276 g/mol. The van der Waals surface area contributed by atoms with Crippen LogP contribution in [0.1, 0.15) is 48.5 Å². The van der Waals surface area contributed by atoms with Crippen LogP contribution in [0.4, 0.5) is 0 Å². The minimum atomic E-state index is 0.256. The molecule has 0 atom stereocenters. The van der Waals surface area contributed by atoms with Gasteiger partial charge in [0.1, 0.15) is 0 Å². The first-order chi connectivity index (χ1) is 8.08. The van der Waals surface area contributed by atoms with Crippen molar-refractivity contribution in [3.63, 3.8) is 0 Å². The van der Waals surface area contributed by atoms with E-state index in [1.165, 1.54) is 12.8 Å². The number of carbonyl (C=O) groups is 1. The van der Waals surface area contributed by atoms with Gasteiger partial charge in [0.2, 0.25) is 0 Å². The summed E-state index contributed by atoms with van der Waals surface area (Å²) in [5.74, 6) is 1.39. The number of hydrogen-bond acceptors (Lipinski definition) is 1. The SMILES string of the molecule is Cc1cc(C(=O)C2CCC(C)CC2)ccc1Br. The summed E-state index contributed by atoms with van der Waals surface area (Å²) in [7, 11) is 0. The Bertz CT molecular complexity index is 417. The number of halogens is 1. The Labute approximate surface area is 112 Å². The van der Waals surface area contributed by atoms with Crippen LogP contribution in [0, 0.1) is 18.8 Å². The fourth-order valence-corrected chi connectivity index (χ4v) is 2.80. The van der Waals surface area contributed by atoms with E-state index in [0.29, 0.717) is 5.78 Å². The minimum Gasteiger partial charge on any atom is -0.294 e. The van der Waals surface area contributed by atoms with Gasteiger partial charge in [-0.05, 0) is 43.4 Å². The highest BCUT2D eigenvalue weighted by Crippen LogP contribution is 2.31. The molecule has 1 aliphatic rings. The summed E-state index contributed by atoms with van der Waals surface area (Å²) in [6, 6.07) is 5.93. The molecule has 0 radical (unpaired) electrons. The van der Waals surface area contributed by atoms with Gasteiger partial charge in [0, 0.05) is 16.0 Å². The molecule has 0 N–H and O–H groups in total. The van der Waals surface area contributed by atoms with E-state index in [1.807, 2.05) is 25.1 Å². The third-order valence-corrected chi connectivity index (χ3v) is 4.72. The van der Waals surface area contributed by atoms with Gasteiger partial charge in [-0.2, -0.15) is 0 Å². The van der Waals surface area contributed by atoms with E-state index in [9.17, 15) is 4.79 Å². The van der Waals surface area contributed by atoms with E-state index in [-0.39, 0.29) is 5.92 Å². The Kier molecular flexibility index (Phi) is 4.03. The first-order valence-corrected chi connectivity index (χ1v) is 7.17. The average molecular weight is 295 g/mol. The Balaban J connectivity index is 2.11. The van der Waals surface area contributed by atoms with Crippen LogP contribution in [0.2, 0.25) is 0 Å². The third-order valence-electron chi connectivity index (χ3n) is 3.83. The van der Waals surface area contributed by atoms with Crippen molar-refractivity contribution >= 4 is 21.7 Å². The van der Waals surface area contributed by atoms with E-state index in [2.05, 4.69) is 22.9 Å². The molecule has 1 saturated carbocycles. The van der Waals surface area contributed by atoms with Crippen molar-refractivity contribution in [1.82, 2.24) is 0 Å². The van der Waals surface area contributed by atoms with E-state index in [0.717, 1.165) is 34.4 Å². The molecular formula is C15H19BrO. The maximum atomic E-state index is 12.4. The summed E-state index contributed by atoms with van der Waals surface area (Å²) < 4.78 is 1.08. The van der Waals surface area contributed by atoms with E-state index in [1.54, 1.807) is 0 Å². The molecule has 1 aromatic carbocycles. The van der Waals surface area contributed by atoms with Gasteiger partial charge in [-0.25, -0.2) is 0 Å². The second-order valence-electron chi connectivity index (χ2n) is 5.29. The Hall–Kier alpha value is -0.630. The van der Waals surface area contributed by atoms with Crippen molar-refractivity contribution in [1.29, 1.82) is 0 Å².